The van der Waals surface area contributed by atoms with Gasteiger partial charge in [-0.25, -0.2) is 0 Å². The summed E-state index contributed by atoms with van der Waals surface area (Å²) in [5.74, 6) is 1.23. The Morgan fingerprint density at radius 3 is 2.73 bits per heavy atom. The number of hydrogen-bond donors (Lipinski definition) is 0. The summed E-state index contributed by atoms with van der Waals surface area (Å²) >= 11 is 5.58. The number of rotatable bonds is 6. The van der Waals surface area contributed by atoms with Crippen molar-refractivity contribution in [2.24, 2.45) is 5.92 Å². The molecule has 0 bridgehead atoms. The molecule has 4 heteroatoms. The third-order valence-corrected chi connectivity index (χ3v) is 3.07. The van der Waals surface area contributed by atoms with Crippen LogP contribution in [0.25, 0.3) is 0 Å². The Hall–Kier alpha value is -0.280. The first-order valence-electron chi connectivity index (χ1n) is 5.58. The van der Waals surface area contributed by atoms with E-state index in [1.165, 1.54) is 0 Å². The number of ether oxygens (including phenoxy) is 1. The number of carbonyl (C=O) groups is 1. The molecule has 0 unspecified atom stereocenters. The Morgan fingerprint density at radius 2 is 2.20 bits per heavy atom. The van der Waals surface area contributed by atoms with Gasteiger partial charge >= 0.3 is 0 Å². The van der Waals surface area contributed by atoms with E-state index >= 15 is 0 Å². The smallest absolute Gasteiger partial charge is 0.222 e. The van der Waals surface area contributed by atoms with Crippen molar-refractivity contribution in [3.63, 3.8) is 0 Å². The molecule has 0 aromatic rings. The van der Waals surface area contributed by atoms with Gasteiger partial charge in [0.05, 0.1) is 6.10 Å². The molecule has 3 nitrogen and oxygen atoms in total. The second kappa shape index (κ2) is 6.33. The van der Waals surface area contributed by atoms with Crippen LogP contribution in [0.15, 0.2) is 0 Å². The Kier molecular flexibility index (Phi) is 5.40. The topological polar surface area (TPSA) is 29.5 Å². The predicted molar refractivity (Wildman–Crippen MR) is 61.1 cm³/mol. The van der Waals surface area contributed by atoms with Gasteiger partial charge in [-0.2, -0.15) is 0 Å². The summed E-state index contributed by atoms with van der Waals surface area (Å²) in [5, 5.41) is 0. The molecule has 0 aromatic heterocycles. The zero-order chi connectivity index (χ0) is 11.3. The van der Waals surface area contributed by atoms with Crippen LogP contribution in [0, 0.1) is 5.92 Å². The standard InChI is InChI=1S/C11H20ClNO2/c1-3-15-10-6-9(7-10)8-11(14)13(2)5-4-12/h9-10H,3-8H2,1-2H3. The molecule has 88 valence electrons. The molecule has 15 heavy (non-hydrogen) atoms. The van der Waals surface area contributed by atoms with Crippen LogP contribution in [0.5, 0.6) is 0 Å². The van der Waals surface area contributed by atoms with Gasteiger partial charge in [-0.05, 0) is 25.7 Å². The van der Waals surface area contributed by atoms with E-state index in [0.717, 1.165) is 19.4 Å². The van der Waals surface area contributed by atoms with Crippen molar-refractivity contribution in [1.29, 1.82) is 0 Å². The molecule has 0 N–H and O–H groups in total. The first-order chi connectivity index (χ1) is 7.17. The minimum Gasteiger partial charge on any atom is -0.378 e. The van der Waals surface area contributed by atoms with E-state index in [4.69, 9.17) is 16.3 Å². The van der Waals surface area contributed by atoms with E-state index in [1.807, 2.05) is 14.0 Å². The molecule has 0 atom stereocenters. The summed E-state index contributed by atoms with van der Waals surface area (Å²) in [6.07, 6.45) is 3.12. The van der Waals surface area contributed by atoms with E-state index < -0.39 is 0 Å². The fourth-order valence-electron chi connectivity index (χ4n) is 1.87. The lowest BCUT2D eigenvalue weighted by molar-refractivity contribution is -0.132. The lowest BCUT2D eigenvalue weighted by atomic mass is 9.80. The average Bonchev–Trinajstić information content (AvgIpc) is 2.14. The van der Waals surface area contributed by atoms with Gasteiger partial charge in [0.15, 0.2) is 0 Å². The van der Waals surface area contributed by atoms with Crippen LogP contribution < -0.4 is 0 Å². The minimum atomic E-state index is 0.204. The van der Waals surface area contributed by atoms with E-state index in [2.05, 4.69) is 0 Å². The van der Waals surface area contributed by atoms with Crippen LogP contribution in [0.1, 0.15) is 26.2 Å². The fraction of sp³-hybridized carbons (Fsp3) is 0.909. The van der Waals surface area contributed by atoms with Gasteiger partial charge in [0.2, 0.25) is 5.91 Å². The van der Waals surface area contributed by atoms with Crippen molar-refractivity contribution in [1.82, 2.24) is 4.90 Å². The van der Waals surface area contributed by atoms with Crippen molar-refractivity contribution in [3.8, 4) is 0 Å². The Labute approximate surface area is 96.7 Å². The van der Waals surface area contributed by atoms with Crippen LogP contribution in [-0.2, 0) is 9.53 Å². The van der Waals surface area contributed by atoms with Crippen molar-refractivity contribution in [2.45, 2.75) is 32.3 Å². The van der Waals surface area contributed by atoms with Crippen molar-refractivity contribution < 1.29 is 9.53 Å². The quantitative estimate of drug-likeness (QED) is 0.656. The highest BCUT2D eigenvalue weighted by atomic mass is 35.5. The molecule has 0 spiro atoms. The number of hydrogen-bond acceptors (Lipinski definition) is 2. The Morgan fingerprint density at radius 1 is 1.53 bits per heavy atom. The van der Waals surface area contributed by atoms with Crippen LogP contribution in [0.2, 0.25) is 0 Å². The third-order valence-electron chi connectivity index (χ3n) is 2.90. The summed E-state index contributed by atoms with van der Waals surface area (Å²) in [6, 6.07) is 0. The lowest BCUT2D eigenvalue weighted by Crippen LogP contribution is -2.37. The maximum atomic E-state index is 11.6. The zero-order valence-electron chi connectivity index (χ0n) is 9.54. The van der Waals surface area contributed by atoms with Gasteiger partial charge in [0.25, 0.3) is 0 Å². The van der Waals surface area contributed by atoms with Crippen LogP contribution >= 0.6 is 11.6 Å². The molecular weight excluding hydrogens is 214 g/mol. The lowest BCUT2D eigenvalue weighted by Gasteiger charge is -2.35. The number of carbonyl (C=O) groups excluding carboxylic acids is 1. The second-order valence-corrected chi connectivity index (χ2v) is 4.50. The second-order valence-electron chi connectivity index (χ2n) is 4.12. The molecule has 0 saturated heterocycles. The number of amides is 1. The van der Waals surface area contributed by atoms with Crippen molar-refractivity contribution in [2.75, 3.05) is 26.1 Å². The molecule has 1 saturated carbocycles. The van der Waals surface area contributed by atoms with E-state index in [9.17, 15) is 4.79 Å². The van der Waals surface area contributed by atoms with Crippen LogP contribution in [0.4, 0.5) is 0 Å². The molecule has 1 amide bonds. The molecular formula is C11H20ClNO2. The number of nitrogens with zero attached hydrogens (tertiary/aromatic N) is 1. The van der Waals surface area contributed by atoms with Crippen molar-refractivity contribution in [3.05, 3.63) is 0 Å². The van der Waals surface area contributed by atoms with E-state index in [-0.39, 0.29) is 5.91 Å². The summed E-state index contributed by atoms with van der Waals surface area (Å²) in [4.78, 5) is 13.3. The molecule has 1 fully saturated rings. The molecule has 1 aliphatic carbocycles. The SMILES string of the molecule is CCOC1CC(CC(=O)N(C)CCCl)C1. The predicted octanol–water partition coefficient (Wildman–Crippen LogP) is 1.89. The summed E-state index contributed by atoms with van der Waals surface area (Å²) in [5.41, 5.74) is 0. The number of halogens is 1. The Bertz CT molecular complexity index is 205. The van der Waals surface area contributed by atoms with Crippen molar-refractivity contribution >= 4 is 17.5 Å². The van der Waals surface area contributed by atoms with Gasteiger partial charge in [-0.3, -0.25) is 4.79 Å². The maximum Gasteiger partial charge on any atom is 0.222 e. The molecule has 0 heterocycles. The highest BCUT2D eigenvalue weighted by molar-refractivity contribution is 6.18. The summed E-state index contributed by atoms with van der Waals surface area (Å²) in [7, 11) is 1.81. The summed E-state index contributed by atoms with van der Waals surface area (Å²) < 4.78 is 5.45. The van der Waals surface area contributed by atoms with E-state index in [1.54, 1.807) is 4.90 Å². The fourth-order valence-corrected chi connectivity index (χ4v) is 2.12. The van der Waals surface area contributed by atoms with Gasteiger partial charge < -0.3 is 9.64 Å². The first-order valence-corrected chi connectivity index (χ1v) is 6.12. The largest absolute Gasteiger partial charge is 0.378 e. The van der Waals surface area contributed by atoms with Crippen LogP contribution in [-0.4, -0.2) is 43.0 Å². The highest BCUT2D eigenvalue weighted by Gasteiger charge is 2.31. The third kappa shape index (κ3) is 3.99. The monoisotopic (exact) mass is 233 g/mol. The molecule has 0 aromatic carbocycles. The molecule has 0 aliphatic heterocycles. The minimum absolute atomic E-state index is 0.204. The van der Waals surface area contributed by atoms with Gasteiger partial charge in [-0.15, -0.1) is 11.6 Å². The molecule has 0 radical (unpaired) electrons. The Balaban J connectivity index is 2.13. The zero-order valence-corrected chi connectivity index (χ0v) is 10.3. The first kappa shape index (κ1) is 12.8. The highest BCUT2D eigenvalue weighted by Crippen LogP contribution is 2.32. The van der Waals surface area contributed by atoms with Gasteiger partial charge in [0, 0.05) is 32.5 Å². The van der Waals surface area contributed by atoms with Crippen LogP contribution in [0.3, 0.4) is 0 Å². The van der Waals surface area contributed by atoms with Gasteiger partial charge in [0.1, 0.15) is 0 Å². The molecule has 1 aliphatic rings. The maximum absolute atomic E-state index is 11.6. The summed E-state index contributed by atoms with van der Waals surface area (Å²) in [6.45, 7) is 3.42. The number of alkyl halides is 1. The van der Waals surface area contributed by atoms with E-state index in [0.29, 0.717) is 30.9 Å². The normalized spacial score (nSPS) is 24.7. The van der Waals surface area contributed by atoms with Gasteiger partial charge in [-0.1, -0.05) is 0 Å². The average molecular weight is 234 g/mol. The molecule has 1 rings (SSSR count).